The molecule has 1 fully saturated rings. The van der Waals surface area contributed by atoms with Gasteiger partial charge in [-0.2, -0.15) is 0 Å². The SMILES string of the molecule is CSc1cccc(NC(=O)CCc2csc(NC(=O)NC3CCCCC3)n2)c1. The summed E-state index contributed by atoms with van der Waals surface area (Å²) in [6, 6.07) is 7.85. The highest BCUT2D eigenvalue weighted by atomic mass is 32.2. The van der Waals surface area contributed by atoms with E-state index in [1.54, 1.807) is 11.8 Å². The van der Waals surface area contributed by atoms with Gasteiger partial charge in [0.25, 0.3) is 0 Å². The van der Waals surface area contributed by atoms with Crippen molar-refractivity contribution in [3.63, 3.8) is 0 Å². The summed E-state index contributed by atoms with van der Waals surface area (Å²) < 4.78 is 0. The summed E-state index contributed by atoms with van der Waals surface area (Å²) in [5.74, 6) is -0.0456. The monoisotopic (exact) mass is 418 g/mol. The van der Waals surface area contributed by atoms with Gasteiger partial charge in [0.15, 0.2) is 5.13 Å². The van der Waals surface area contributed by atoms with E-state index in [-0.39, 0.29) is 18.0 Å². The van der Waals surface area contributed by atoms with Crippen LogP contribution in [0.15, 0.2) is 34.5 Å². The number of benzene rings is 1. The van der Waals surface area contributed by atoms with Gasteiger partial charge in [-0.05, 0) is 43.7 Å². The van der Waals surface area contributed by atoms with E-state index in [2.05, 4.69) is 20.9 Å². The lowest BCUT2D eigenvalue weighted by Crippen LogP contribution is -2.38. The molecule has 1 aliphatic carbocycles. The smallest absolute Gasteiger partial charge is 0.321 e. The number of carbonyl (C=O) groups excluding carboxylic acids is 2. The zero-order chi connectivity index (χ0) is 19.8. The predicted octanol–water partition coefficient (Wildman–Crippen LogP) is 4.89. The number of hydrogen-bond acceptors (Lipinski definition) is 5. The second-order valence-electron chi connectivity index (χ2n) is 6.86. The maximum absolute atomic E-state index is 12.2. The summed E-state index contributed by atoms with van der Waals surface area (Å²) in [5, 5.41) is 11.2. The first-order valence-corrected chi connectivity index (χ1v) is 11.7. The fourth-order valence-corrected chi connectivity index (χ4v) is 4.41. The second-order valence-corrected chi connectivity index (χ2v) is 8.60. The molecule has 3 N–H and O–H groups in total. The average molecular weight is 419 g/mol. The minimum absolute atomic E-state index is 0.0456. The summed E-state index contributed by atoms with van der Waals surface area (Å²) in [7, 11) is 0. The lowest BCUT2D eigenvalue weighted by molar-refractivity contribution is -0.116. The number of aryl methyl sites for hydroxylation is 1. The summed E-state index contributed by atoms with van der Waals surface area (Å²) in [6.45, 7) is 0. The molecule has 0 saturated heterocycles. The number of anilines is 2. The van der Waals surface area contributed by atoms with Crippen LogP contribution in [0.1, 0.15) is 44.2 Å². The van der Waals surface area contributed by atoms with Gasteiger partial charge in [-0.25, -0.2) is 9.78 Å². The Morgan fingerprint density at radius 3 is 2.82 bits per heavy atom. The molecule has 150 valence electrons. The Morgan fingerprint density at radius 2 is 2.04 bits per heavy atom. The molecule has 1 aromatic carbocycles. The van der Waals surface area contributed by atoms with E-state index in [1.165, 1.54) is 30.6 Å². The van der Waals surface area contributed by atoms with E-state index in [0.717, 1.165) is 29.1 Å². The predicted molar refractivity (Wildman–Crippen MR) is 116 cm³/mol. The summed E-state index contributed by atoms with van der Waals surface area (Å²) >= 11 is 3.02. The zero-order valence-corrected chi connectivity index (χ0v) is 17.6. The van der Waals surface area contributed by atoms with Crippen molar-refractivity contribution >= 4 is 45.9 Å². The highest BCUT2D eigenvalue weighted by Gasteiger charge is 2.16. The van der Waals surface area contributed by atoms with Gasteiger partial charge < -0.3 is 10.6 Å². The molecule has 8 heteroatoms. The van der Waals surface area contributed by atoms with Crippen LogP contribution in [0, 0.1) is 0 Å². The third kappa shape index (κ3) is 6.53. The van der Waals surface area contributed by atoms with Gasteiger partial charge in [-0.3, -0.25) is 10.1 Å². The number of rotatable bonds is 7. The van der Waals surface area contributed by atoms with Crippen molar-refractivity contribution in [1.82, 2.24) is 10.3 Å². The molecule has 1 aromatic heterocycles. The molecule has 6 nitrogen and oxygen atoms in total. The summed E-state index contributed by atoms with van der Waals surface area (Å²) in [5.41, 5.74) is 1.61. The topological polar surface area (TPSA) is 83.1 Å². The van der Waals surface area contributed by atoms with Crippen LogP contribution in [-0.2, 0) is 11.2 Å². The van der Waals surface area contributed by atoms with Gasteiger partial charge >= 0.3 is 6.03 Å². The maximum Gasteiger partial charge on any atom is 0.321 e. The Hall–Kier alpha value is -2.06. The van der Waals surface area contributed by atoms with E-state index in [0.29, 0.717) is 18.0 Å². The molecule has 2 aromatic rings. The van der Waals surface area contributed by atoms with Crippen molar-refractivity contribution in [3.05, 3.63) is 35.3 Å². The number of urea groups is 1. The van der Waals surface area contributed by atoms with Crippen LogP contribution in [0.25, 0.3) is 0 Å². The Bertz CT molecular complexity index is 803. The number of nitrogens with one attached hydrogen (secondary N) is 3. The number of thioether (sulfide) groups is 1. The molecule has 0 spiro atoms. The number of nitrogens with zero attached hydrogens (tertiary/aromatic N) is 1. The van der Waals surface area contributed by atoms with Gasteiger partial charge in [0.2, 0.25) is 5.91 Å². The molecular formula is C20H26N4O2S2. The molecule has 3 amide bonds. The van der Waals surface area contributed by atoms with Crippen molar-refractivity contribution in [2.45, 2.75) is 55.9 Å². The summed E-state index contributed by atoms with van der Waals surface area (Å²) in [4.78, 5) is 29.8. The van der Waals surface area contributed by atoms with Gasteiger partial charge in [0.1, 0.15) is 0 Å². The Morgan fingerprint density at radius 1 is 1.21 bits per heavy atom. The lowest BCUT2D eigenvalue weighted by atomic mass is 9.96. The number of aromatic nitrogens is 1. The van der Waals surface area contributed by atoms with E-state index in [9.17, 15) is 9.59 Å². The molecule has 1 aliphatic rings. The number of amides is 3. The van der Waals surface area contributed by atoms with Crippen LogP contribution in [-0.4, -0.2) is 29.2 Å². The minimum Gasteiger partial charge on any atom is -0.335 e. The van der Waals surface area contributed by atoms with Crippen molar-refractivity contribution in [1.29, 1.82) is 0 Å². The molecule has 1 saturated carbocycles. The van der Waals surface area contributed by atoms with E-state index in [1.807, 2.05) is 35.9 Å². The molecule has 0 atom stereocenters. The first-order valence-electron chi connectivity index (χ1n) is 9.58. The van der Waals surface area contributed by atoms with Gasteiger partial charge in [-0.1, -0.05) is 25.3 Å². The quantitative estimate of drug-likeness (QED) is 0.559. The summed E-state index contributed by atoms with van der Waals surface area (Å²) in [6.07, 6.45) is 8.59. The average Bonchev–Trinajstić information content (AvgIpc) is 3.14. The highest BCUT2D eigenvalue weighted by Crippen LogP contribution is 2.21. The molecular weight excluding hydrogens is 392 g/mol. The lowest BCUT2D eigenvalue weighted by Gasteiger charge is -2.22. The Balaban J connectivity index is 1.42. The zero-order valence-electron chi connectivity index (χ0n) is 16.0. The first kappa shape index (κ1) is 20.7. The third-order valence-electron chi connectivity index (χ3n) is 4.67. The second kappa shape index (κ2) is 10.5. The largest absolute Gasteiger partial charge is 0.335 e. The van der Waals surface area contributed by atoms with Crippen molar-refractivity contribution in [2.75, 3.05) is 16.9 Å². The standard InChI is InChI=1S/C20H26N4O2S2/c1-27-17-9-5-8-15(12-17)21-18(25)11-10-16-13-28-20(23-16)24-19(26)22-14-6-3-2-4-7-14/h5,8-9,12-14H,2-4,6-7,10-11H2,1H3,(H,21,25)(H2,22,23,24,26). The number of carbonyl (C=O) groups is 2. The van der Waals surface area contributed by atoms with Crippen molar-refractivity contribution in [3.8, 4) is 0 Å². The van der Waals surface area contributed by atoms with Crippen LogP contribution in [0.3, 0.4) is 0 Å². The normalized spacial score (nSPS) is 14.5. The molecule has 28 heavy (non-hydrogen) atoms. The fourth-order valence-electron chi connectivity index (χ4n) is 3.21. The Kier molecular flexibility index (Phi) is 7.73. The van der Waals surface area contributed by atoms with Crippen LogP contribution in [0.4, 0.5) is 15.6 Å². The van der Waals surface area contributed by atoms with Crippen molar-refractivity contribution in [2.24, 2.45) is 0 Å². The highest BCUT2D eigenvalue weighted by molar-refractivity contribution is 7.98. The first-order chi connectivity index (χ1) is 13.6. The molecule has 0 unspecified atom stereocenters. The molecule has 0 aliphatic heterocycles. The third-order valence-corrected chi connectivity index (χ3v) is 6.21. The van der Waals surface area contributed by atoms with Crippen LogP contribution < -0.4 is 16.0 Å². The van der Waals surface area contributed by atoms with Crippen LogP contribution >= 0.6 is 23.1 Å². The van der Waals surface area contributed by atoms with E-state index < -0.39 is 0 Å². The molecule has 0 bridgehead atoms. The van der Waals surface area contributed by atoms with Gasteiger partial charge in [-0.15, -0.1) is 23.1 Å². The van der Waals surface area contributed by atoms with Gasteiger partial charge in [0.05, 0.1) is 5.69 Å². The maximum atomic E-state index is 12.2. The fraction of sp³-hybridized carbons (Fsp3) is 0.450. The van der Waals surface area contributed by atoms with Crippen molar-refractivity contribution < 1.29 is 9.59 Å². The molecule has 0 radical (unpaired) electrons. The molecule has 3 rings (SSSR count). The van der Waals surface area contributed by atoms with Gasteiger partial charge in [0, 0.05) is 28.4 Å². The Labute approximate surface area is 173 Å². The van der Waals surface area contributed by atoms with E-state index in [4.69, 9.17) is 0 Å². The molecule has 1 heterocycles. The van der Waals surface area contributed by atoms with E-state index >= 15 is 0 Å². The van der Waals surface area contributed by atoms with Crippen LogP contribution in [0.5, 0.6) is 0 Å². The number of thiazole rings is 1. The number of hydrogen-bond donors (Lipinski definition) is 3. The minimum atomic E-state index is -0.195. The van der Waals surface area contributed by atoms with Crippen LogP contribution in [0.2, 0.25) is 0 Å².